The van der Waals surface area contributed by atoms with Gasteiger partial charge in [-0.1, -0.05) is 18.2 Å². The standard InChI is InChI=1S/C21H27N3O2/c1-15-6-5-9-23-19(15)10-16(2)24-20(25)21(13-22-14-21)12-17-7-4-8-18(11-17)26-3/h4-9,11,16,22H,10,12-14H2,1-3H3,(H,24,25). The van der Waals surface area contributed by atoms with Gasteiger partial charge in [0.05, 0.1) is 12.5 Å². The highest BCUT2D eigenvalue weighted by molar-refractivity contribution is 5.85. The lowest BCUT2D eigenvalue weighted by Gasteiger charge is -2.42. The molecule has 0 aliphatic carbocycles. The average molecular weight is 353 g/mol. The molecule has 3 rings (SSSR count). The third-order valence-corrected chi connectivity index (χ3v) is 5.08. The molecule has 0 saturated carbocycles. The Morgan fingerprint density at radius 1 is 1.35 bits per heavy atom. The van der Waals surface area contributed by atoms with Crippen LogP contribution in [-0.2, 0) is 17.6 Å². The SMILES string of the molecule is COc1cccc(CC2(C(=O)NC(C)Cc3ncccc3C)CNC2)c1. The Labute approximate surface area is 155 Å². The molecule has 1 aromatic heterocycles. The van der Waals surface area contributed by atoms with Gasteiger partial charge in [0, 0.05) is 37.4 Å². The minimum absolute atomic E-state index is 0.0406. The number of ether oxygens (including phenoxy) is 1. The van der Waals surface area contributed by atoms with Crippen LogP contribution < -0.4 is 15.4 Å². The lowest BCUT2D eigenvalue weighted by Crippen LogP contribution is -2.63. The van der Waals surface area contributed by atoms with Gasteiger partial charge in [-0.25, -0.2) is 0 Å². The van der Waals surface area contributed by atoms with E-state index in [2.05, 4.69) is 34.7 Å². The van der Waals surface area contributed by atoms with Crippen LogP contribution in [0.5, 0.6) is 5.75 Å². The summed E-state index contributed by atoms with van der Waals surface area (Å²) in [4.78, 5) is 17.4. The first-order valence-electron chi connectivity index (χ1n) is 9.07. The van der Waals surface area contributed by atoms with Crippen LogP contribution in [0.4, 0.5) is 0 Å². The number of nitrogens with one attached hydrogen (secondary N) is 2. The van der Waals surface area contributed by atoms with Gasteiger partial charge in [0.25, 0.3) is 0 Å². The van der Waals surface area contributed by atoms with Crippen molar-refractivity contribution in [1.82, 2.24) is 15.6 Å². The first-order valence-corrected chi connectivity index (χ1v) is 9.07. The van der Waals surface area contributed by atoms with E-state index in [1.807, 2.05) is 31.2 Å². The van der Waals surface area contributed by atoms with Crippen molar-refractivity contribution in [1.29, 1.82) is 0 Å². The van der Waals surface area contributed by atoms with Gasteiger partial charge >= 0.3 is 0 Å². The molecule has 1 fully saturated rings. The summed E-state index contributed by atoms with van der Waals surface area (Å²) in [6, 6.07) is 12.0. The third kappa shape index (κ3) is 4.05. The molecule has 2 heterocycles. The summed E-state index contributed by atoms with van der Waals surface area (Å²) in [5, 5.41) is 6.46. The highest BCUT2D eigenvalue weighted by Crippen LogP contribution is 2.29. The number of aromatic nitrogens is 1. The lowest BCUT2D eigenvalue weighted by molar-refractivity contribution is -0.134. The topological polar surface area (TPSA) is 63.2 Å². The van der Waals surface area contributed by atoms with Gasteiger partial charge in [0.15, 0.2) is 0 Å². The fourth-order valence-electron chi connectivity index (χ4n) is 3.42. The van der Waals surface area contributed by atoms with Crippen molar-refractivity contribution in [2.45, 2.75) is 32.7 Å². The van der Waals surface area contributed by atoms with E-state index in [4.69, 9.17) is 4.74 Å². The predicted molar refractivity (Wildman–Crippen MR) is 102 cm³/mol. The Balaban J connectivity index is 1.65. The van der Waals surface area contributed by atoms with E-state index in [1.165, 1.54) is 0 Å². The van der Waals surface area contributed by atoms with E-state index < -0.39 is 0 Å². The highest BCUT2D eigenvalue weighted by atomic mass is 16.5. The molecule has 0 spiro atoms. The van der Waals surface area contributed by atoms with Crippen molar-refractivity contribution in [2.75, 3.05) is 20.2 Å². The second kappa shape index (κ2) is 7.87. The van der Waals surface area contributed by atoms with Crippen molar-refractivity contribution in [3.05, 3.63) is 59.4 Å². The maximum Gasteiger partial charge on any atom is 0.229 e. The molecule has 0 radical (unpaired) electrons. The van der Waals surface area contributed by atoms with E-state index in [0.717, 1.165) is 29.0 Å². The van der Waals surface area contributed by atoms with Crippen LogP contribution >= 0.6 is 0 Å². The van der Waals surface area contributed by atoms with Crippen LogP contribution in [-0.4, -0.2) is 37.1 Å². The molecular formula is C21H27N3O2. The number of rotatable bonds is 7. The van der Waals surface area contributed by atoms with Gasteiger partial charge in [-0.15, -0.1) is 0 Å². The number of nitrogens with zero attached hydrogens (tertiary/aromatic N) is 1. The summed E-state index contributed by atoms with van der Waals surface area (Å²) in [5.74, 6) is 0.935. The van der Waals surface area contributed by atoms with Crippen molar-refractivity contribution in [3.63, 3.8) is 0 Å². The zero-order chi connectivity index (χ0) is 18.6. The zero-order valence-electron chi connectivity index (χ0n) is 15.7. The molecule has 0 bridgehead atoms. The van der Waals surface area contributed by atoms with Gasteiger partial charge in [0.2, 0.25) is 5.91 Å². The van der Waals surface area contributed by atoms with Crippen LogP contribution in [0.3, 0.4) is 0 Å². The fraction of sp³-hybridized carbons (Fsp3) is 0.429. The van der Waals surface area contributed by atoms with Gasteiger partial charge in [0.1, 0.15) is 5.75 Å². The summed E-state index contributed by atoms with van der Waals surface area (Å²) < 4.78 is 5.30. The van der Waals surface area contributed by atoms with Crippen LogP contribution in [0.1, 0.15) is 23.7 Å². The summed E-state index contributed by atoms with van der Waals surface area (Å²) in [5.41, 5.74) is 2.92. The molecule has 2 aromatic rings. The summed E-state index contributed by atoms with van der Waals surface area (Å²) in [7, 11) is 1.66. The number of pyridine rings is 1. The second-order valence-electron chi connectivity index (χ2n) is 7.26. The van der Waals surface area contributed by atoms with Crippen LogP contribution in [0, 0.1) is 12.3 Å². The summed E-state index contributed by atoms with van der Waals surface area (Å²) in [6.07, 6.45) is 3.25. The van der Waals surface area contributed by atoms with Crippen LogP contribution in [0.2, 0.25) is 0 Å². The molecule has 1 aromatic carbocycles. The molecule has 5 heteroatoms. The van der Waals surface area contributed by atoms with Crippen molar-refractivity contribution in [2.24, 2.45) is 5.41 Å². The molecule has 1 saturated heterocycles. The Hall–Kier alpha value is -2.40. The number of carbonyl (C=O) groups excluding carboxylic acids is 1. The number of hydrogen-bond acceptors (Lipinski definition) is 4. The average Bonchev–Trinajstić information content (AvgIpc) is 2.60. The van der Waals surface area contributed by atoms with Gasteiger partial charge in [-0.05, 0) is 49.6 Å². The molecule has 138 valence electrons. The van der Waals surface area contributed by atoms with Crippen LogP contribution in [0.15, 0.2) is 42.6 Å². The summed E-state index contributed by atoms with van der Waals surface area (Å²) >= 11 is 0. The fourth-order valence-corrected chi connectivity index (χ4v) is 3.42. The Kier molecular flexibility index (Phi) is 5.57. The summed E-state index contributed by atoms with van der Waals surface area (Å²) in [6.45, 7) is 5.49. The number of methoxy groups -OCH3 is 1. The molecule has 1 aliphatic heterocycles. The van der Waals surface area contributed by atoms with Crippen molar-refractivity contribution >= 4 is 5.91 Å². The number of benzene rings is 1. The second-order valence-corrected chi connectivity index (χ2v) is 7.26. The maximum atomic E-state index is 13.0. The number of carbonyl (C=O) groups is 1. The smallest absolute Gasteiger partial charge is 0.229 e. The van der Waals surface area contributed by atoms with Crippen molar-refractivity contribution < 1.29 is 9.53 Å². The molecule has 2 N–H and O–H groups in total. The molecule has 5 nitrogen and oxygen atoms in total. The van der Waals surface area contributed by atoms with Crippen LogP contribution in [0.25, 0.3) is 0 Å². The number of amides is 1. The van der Waals surface area contributed by atoms with Gasteiger partial charge < -0.3 is 15.4 Å². The van der Waals surface area contributed by atoms with E-state index in [-0.39, 0.29) is 17.4 Å². The molecule has 1 unspecified atom stereocenters. The maximum absolute atomic E-state index is 13.0. The monoisotopic (exact) mass is 353 g/mol. The van der Waals surface area contributed by atoms with E-state index >= 15 is 0 Å². The minimum Gasteiger partial charge on any atom is -0.497 e. The normalized spacial score (nSPS) is 16.4. The zero-order valence-corrected chi connectivity index (χ0v) is 15.7. The Bertz CT molecular complexity index is 771. The Morgan fingerprint density at radius 3 is 2.81 bits per heavy atom. The first-order chi connectivity index (χ1) is 12.5. The Morgan fingerprint density at radius 2 is 2.15 bits per heavy atom. The van der Waals surface area contributed by atoms with Gasteiger partial charge in [-0.3, -0.25) is 9.78 Å². The largest absolute Gasteiger partial charge is 0.497 e. The predicted octanol–water partition coefficient (Wildman–Crippen LogP) is 2.28. The quantitative estimate of drug-likeness (QED) is 0.802. The molecule has 1 aliphatic rings. The minimum atomic E-state index is -0.389. The van der Waals surface area contributed by atoms with Gasteiger partial charge in [-0.2, -0.15) is 0 Å². The molecule has 26 heavy (non-hydrogen) atoms. The third-order valence-electron chi connectivity index (χ3n) is 5.08. The molecule has 1 amide bonds. The first kappa shape index (κ1) is 18.4. The number of hydrogen-bond donors (Lipinski definition) is 2. The van der Waals surface area contributed by atoms with E-state index in [9.17, 15) is 4.79 Å². The highest BCUT2D eigenvalue weighted by Gasteiger charge is 2.44. The van der Waals surface area contributed by atoms with E-state index in [0.29, 0.717) is 19.5 Å². The number of aryl methyl sites for hydroxylation is 1. The van der Waals surface area contributed by atoms with E-state index in [1.54, 1.807) is 13.3 Å². The molecular weight excluding hydrogens is 326 g/mol. The molecule has 1 atom stereocenters. The lowest BCUT2D eigenvalue weighted by atomic mass is 9.75. The van der Waals surface area contributed by atoms with Crippen molar-refractivity contribution in [3.8, 4) is 5.75 Å².